The van der Waals surface area contributed by atoms with Crippen LogP contribution in [-0.4, -0.2) is 37.5 Å². The molecule has 1 N–H and O–H groups in total. The summed E-state index contributed by atoms with van der Waals surface area (Å²) in [7, 11) is 1.85. The molecular weight excluding hydrogens is 339 g/mol. The number of nitrogens with zero attached hydrogens (tertiary/aromatic N) is 1. The van der Waals surface area contributed by atoms with Gasteiger partial charge < -0.3 is 10.2 Å². The largest absolute Gasteiger partial charge is 0.341 e. The second kappa shape index (κ2) is 7.98. The summed E-state index contributed by atoms with van der Waals surface area (Å²) in [6.07, 6.45) is 2.31. The third-order valence-corrected chi connectivity index (χ3v) is 4.93. The van der Waals surface area contributed by atoms with Crippen LogP contribution in [0, 0.1) is 11.7 Å². The number of amides is 1. The predicted octanol–water partition coefficient (Wildman–Crippen LogP) is 4.22. The molecule has 25 heavy (non-hydrogen) atoms. The van der Waals surface area contributed by atoms with Gasteiger partial charge in [0.15, 0.2) is 0 Å². The summed E-state index contributed by atoms with van der Waals surface area (Å²) in [5.74, 6) is 0.0564. The van der Waals surface area contributed by atoms with Gasteiger partial charge in [-0.25, -0.2) is 4.39 Å². The minimum absolute atomic E-state index is 0.000585. The fraction of sp³-hybridized carbons (Fsp3) is 0.350. The summed E-state index contributed by atoms with van der Waals surface area (Å²) in [6, 6.07) is 12.0. The predicted molar refractivity (Wildman–Crippen MR) is 99.4 cm³/mol. The van der Waals surface area contributed by atoms with Gasteiger partial charge in [0.2, 0.25) is 0 Å². The molecule has 0 saturated carbocycles. The highest BCUT2D eigenvalue weighted by molar-refractivity contribution is 6.31. The van der Waals surface area contributed by atoms with E-state index in [1.54, 1.807) is 17.0 Å². The maximum Gasteiger partial charge on any atom is 0.253 e. The number of carbonyl (C=O) groups excluding carboxylic acids is 1. The van der Waals surface area contributed by atoms with E-state index in [9.17, 15) is 9.18 Å². The van der Waals surface area contributed by atoms with Crippen LogP contribution in [0.15, 0.2) is 42.5 Å². The Morgan fingerprint density at radius 1 is 1.28 bits per heavy atom. The van der Waals surface area contributed by atoms with Gasteiger partial charge in [0, 0.05) is 19.2 Å². The summed E-state index contributed by atoms with van der Waals surface area (Å²) in [4.78, 5) is 14.5. The van der Waals surface area contributed by atoms with E-state index in [4.69, 9.17) is 11.6 Å². The summed E-state index contributed by atoms with van der Waals surface area (Å²) in [6.45, 7) is 2.78. The second-order valence-electron chi connectivity index (χ2n) is 6.61. The van der Waals surface area contributed by atoms with Gasteiger partial charge in [-0.05, 0) is 67.2 Å². The highest BCUT2D eigenvalue weighted by Crippen LogP contribution is 2.26. The van der Waals surface area contributed by atoms with Crippen LogP contribution < -0.4 is 5.32 Å². The Bertz CT molecular complexity index is 759. The average Bonchev–Trinajstić information content (AvgIpc) is 2.64. The Labute approximate surface area is 152 Å². The SMILES string of the molecule is CN(CC1CCCNC1)C(=O)c1cccc(-c2ccc(F)c(Cl)c2)c1. The quantitative estimate of drug-likeness (QED) is 0.885. The van der Waals surface area contributed by atoms with Crippen molar-refractivity contribution in [3.05, 3.63) is 58.9 Å². The fourth-order valence-electron chi connectivity index (χ4n) is 3.28. The number of carbonyl (C=O) groups is 1. The monoisotopic (exact) mass is 360 g/mol. The van der Waals surface area contributed by atoms with E-state index in [1.165, 1.54) is 6.07 Å². The number of rotatable bonds is 4. The Morgan fingerprint density at radius 2 is 2.08 bits per heavy atom. The minimum atomic E-state index is -0.446. The van der Waals surface area contributed by atoms with Crippen LogP contribution in [0.3, 0.4) is 0 Å². The molecule has 0 bridgehead atoms. The lowest BCUT2D eigenvalue weighted by Crippen LogP contribution is -2.39. The van der Waals surface area contributed by atoms with Gasteiger partial charge >= 0.3 is 0 Å². The van der Waals surface area contributed by atoms with Crippen molar-refractivity contribution in [3.63, 3.8) is 0 Å². The zero-order valence-electron chi connectivity index (χ0n) is 14.3. The van der Waals surface area contributed by atoms with E-state index >= 15 is 0 Å². The molecule has 2 aromatic rings. The van der Waals surface area contributed by atoms with E-state index in [0.717, 1.165) is 43.6 Å². The first-order chi connectivity index (χ1) is 12.0. The highest BCUT2D eigenvalue weighted by atomic mass is 35.5. The van der Waals surface area contributed by atoms with Crippen molar-refractivity contribution in [1.82, 2.24) is 10.2 Å². The maximum absolute atomic E-state index is 13.4. The topological polar surface area (TPSA) is 32.3 Å². The van der Waals surface area contributed by atoms with Crippen molar-refractivity contribution >= 4 is 17.5 Å². The second-order valence-corrected chi connectivity index (χ2v) is 7.01. The molecule has 0 radical (unpaired) electrons. The van der Waals surface area contributed by atoms with Crippen LogP contribution in [0.2, 0.25) is 5.02 Å². The lowest BCUT2D eigenvalue weighted by molar-refractivity contribution is 0.0765. The molecule has 1 heterocycles. The van der Waals surface area contributed by atoms with Crippen LogP contribution in [0.25, 0.3) is 11.1 Å². The summed E-state index contributed by atoms with van der Waals surface area (Å²) in [5.41, 5.74) is 2.27. The zero-order valence-corrected chi connectivity index (χ0v) is 15.0. The summed E-state index contributed by atoms with van der Waals surface area (Å²) >= 11 is 5.87. The fourth-order valence-corrected chi connectivity index (χ4v) is 3.46. The van der Waals surface area contributed by atoms with E-state index < -0.39 is 5.82 Å². The molecule has 1 unspecified atom stereocenters. The van der Waals surface area contributed by atoms with Crippen molar-refractivity contribution < 1.29 is 9.18 Å². The minimum Gasteiger partial charge on any atom is -0.341 e. The van der Waals surface area contributed by atoms with Crippen molar-refractivity contribution in [3.8, 4) is 11.1 Å². The first kappa shape index (κ1) is 17.9. The van der Waals surface area contributed by atoms with Crippen LogP contribution in [0.1, 0.15) is 23.2 Å². The van der Waals surface area contributed by atoms with Crippen LogP contribution in [0.4, 0.5) is 4.39 Å². The normalized spacial score (nSPS) is 17.3. The molecular formula is C20H22ClFN2O. The molecule has 1 aliphatic heterocycles. The molecule has 2 aromatic carbocycles. The van der Waals surface area contributed by atoms with E-state index in [0.29, 0.717) is 11.5 Å². The smallest absolute Gasteiger partial charge is 0.253 e. The standard InChI is InChI=1S/C20H22ClFN2O/c1-24(13-14-4-3-9-23-12-14)20(25)17-6-2-5-15(10-17)16-7-8-19(22)18(21)11-16/h2,5-8,10-11,14,23H,3-4,9,12-13H2,1H3. The molecule has 0 aliphatic carbocycles. The van der Waals surface area contributed by atoms with Gasteiger partial charge in [0.05, 0.1) is 5.02 Å². The van der Waals surface area contributed by atoms with E-state index in [1.807, 2.05) is 31.3 Å². The Hall–Kier alpha value is -1.91. The number of halogens is 2. The molecule has 1 saturated heterocycles. The third-order valence-electron chi connectivity index (χ3n) is 4.64. The number of piperidine rings is 1. The molecule has 132 valence electrons. The summed E-state index contributed by atoms with van der Waals surface area (Å²) in [5, 5.41) is 3.46. The number of nitrogens with one attached hydrogen (secondary N) is 1. The van der Waals surface area contributed by atoms with Crippen molar-refractivity contribution in [1.29, 1.82) is 0 Å². The van der Waals surface area contributed by atoms with Crippen LogP contribution in [-0.2, 0) is 0 Å². The molecule has 1 aliphatic rings. The van der Waals surface area contributed by atoms with Crippen LogP contribution >= 0.6 is 11.6 Å². The molecule has 5 heteroatoms. The van der Waals surface area contributed by atoms with Gasteiger partial charge in [-0.15, -0.1) is 0 Å². The lowest BCUT2D eigenvalue weighted by Gasteiger charge is -2.27. The molecule has 3 rings (SSSR count). The molecule has 0 spiro atoms. The highest BCUT2D eigenvalue weighted by Gasteiger charge is 2.19. The molecule has 1 fully saturated rings. The number of benzene rings is 2. The van der Waals surface area contributed by atoms with Crippen LogP contribution in [0.5, 0.6) is 0 Å². The number of hydrogen-bond donors (Lipinski definition) is 1. The maximum atomic E-state index is 13.4. The molecule has 1 amide bonds. The molecule has 1 atom stereocenters. The Balaban J connectivity index is 1.75. The van der Waals surface area contributed by atoms with Gasteiger partial charge in [-0.1, -0.05) is 29.8 Å². The summed E-state index contributed by atoms with van der Waals surface area (Å²) < 4.78 is 13.4. The average molecular weight is 361 g/mol. The Kier molecular flexibility index (Phi) is 5.71. The third kappa shape index (κ3) is 4.39. The van der Waals surface area contributed by atoms with Gasteiger partial charge in [0.1, 0.15) is 5.82 Å². The zero-order chi connectivity index (χ0) is 17.8. The van der Waals surface area contributed by atoms with Crippen molar-refractivity contribution in [2.24, 2.45) is 5.92 Å². The van der Waals surface area contributed by atoms with E-state index in [-0.39, 0.29) is 10.9 Å². The van der Waals surface area contributed by atoms with Crippen molar-refractivity contribution in [2.45, 2.75) is 12.8 Å². The number of hydrogen-bond acceptors (Lipinski definition) is 2. The van der Waals surface area contributed by atoms with E-state index in [2.05, 4.69) is 5.32 Å². The Morgan fingerprint density at radius 3 is 2.80 bits per heavy atom. The lowest BCUT2D eigenvalue weighted by atomic mass is 9.98. The molecule has 3 nitrogen and oxygen atoms in total. The molecule has 0 aromatic heterocycles. The first-order valence-corrected chi connectivity index (χ1v) is 8.94. The van der Waals surface area contributed by atoms with Gasteiger partial charge in [-0.2, -0.15) is 0 Å². The first-order valence-electron chi connectivity index (χ1n) is 8.56. The van der Waals surface area contributed by atoms with Gasteiger partial charge in [-0.3, -0.25) is 4.79 Å². The van der Waals surface area contributed by atoms with Gasteiger partial charge in [0.25, 0.3) is 5.91 Å². The van der Waals surface area contributed by atoms with Crippen molar-refractivity contribution in [2.75, 3.05) is 26.7 Å².